The summed E-state index contributed by atoms with van der Waals surface area (Å²) in [6, 6.07) is 5.81. The molecule has 0 aromatic heterocycles. The van der Waals surface area contributed by atoms with Gasteiger partial charge >= 0.3 is 6.03 Å². The lowest BCUT2D eigenvalue weighted by molar-refractivity contribution is 0.176. The van der Waals surface area contributed by atoms with Crippen molar-refractivity contribution in [1.82, 2.24) is 5.32 Å². The predicted octanol–water partition coefficient (Wildman–Crippen LogP) is 3.43. The average Bonchev–Trinajstić information content (AvgIpc) is 2.44. The highest BCUT2D eigenvalue weighted by Crippen LogP contribution is 2.24. The Morgan fingerprint density at radius 3 is 2.65 bits per heavy atom. The number of hydrogen-bond acceptors (Lipinski definition) is 2. The average molecular weight is 341 g/mol. The normalized spacial score (nSPS) is 22.4. The molecule has 1 saturated carbocycles. The van der Waals surface area contributed by atoms with E-state index in [9.17, 15) is 4.79 Å². The van der Waals surface area contributed by atoms with Crippen LogP contribution in [0.3, 0.4) is 0 Å². The minimum Gasteiger partial charge on any atom is -0.396 e. The third-order valence-electron chi connectivity index (χ3n) is 3.87. The van der Waals surface area contributed by atoms with Gasteiger partial charge in [0.05, 0.1) is 0 Å². The number of carbonyl (C=O) groups excluding carboxylic acids is 1. The summed E-state index contributed by atoms with van der Waals surface area (Å²) >= 11 is 3.45. The molecular weight excluding hydrogens is 320 g/mol. The largest absolute Gasteiger partial charge is 0.396 e. The van der Waals surface area contributed by atoms with E-state index in [2.05, 4.69) is 26.6 Å². The molecule has 1 aromatic rings. The lowest BCUT2D eigenvalue weighted by Crippen LogP contribution is -2.40. The molecule has 0 unspecified atom stereocenters. The number of halogens is 1. The molecular formula is C15H21BrN2O2. The molecule has 0 saturated heterocycles. The summed E-state index contributed by atoms with van der Waals surface area (Å²) < 4.78 is 0.985. The van der Waals surface area contributed by atoms with Crippen LogP contribution in [-0.2, 0) is 0 Å². The molecule has 1 fully saturated rings. The molecule has 1 aromatic carbocycles. The van der Waals surface area contributed by atoms with Gasteiger partial charge in [0.25, 0.3) is 0 Å². The monoisotopic (exact) mass is 340 g/mol. The fourth-order valence-electron chi connectivity index (χ4n) is 2.51. The Morgan fingerprint density at radius 2 is 2.05 bits per heavy atom. The third kappa shape index (κ3) is 4.21. The summed E-state index contributed by atoms with van der Waals surface area (Å²) in [7, 11) is 0. The molecule has 0 heterocycles. The summed E-state index contributed by atoms with van der Waals surface area (Å²) in [6.07, 6.45) is 3.85. The van der Waals surface area contributed by atoms with E-state index in [-0.39, 0.29) is 18.7 Å². The Kier molecular flexibility index (Phi) is 5.43. The Hall–Kier alpha value is -1.07. The van der Waals surface area contributed by atoms with Crippen molar-refractivity contribution in [3.8, 4) is 0 Å². The van der Waals surface area contributed by atoms with Gasteiger partial charge < -0.3 is 15.7 Å². The standard InChI is InChI=1S/C15H21BrN2O2/c1-10-2-5-13(8-14(10)16)18-15(20)17-12-6-3-11(9-19)4-7-12/h2,5,8,11-12,19H,3-4,6-7,9H2,1H3,(H2,17,18,20). The maximum absolute atomic E-state index is 11.9. The van der Waals surface area contributed by atoms with Crippen LogP contribution in [0.2, 0.25) is 0 Å². The molecule has 2 rings (SSSR count). The van der Waals surface area contributed by atoms with Crippen molar-refractivity contribution in [3.63, 3.8) is 0 Å². The quantitative estimate of drug-likeness (QED) is 0.789. The minimum absolute atomic E-state index is 0.159. The van der Waals surface area contributed by atoms with Gasteiger partial charge in [-0.15, -0.1) is 0 Å². The van der Waals surface area contributed by atoms with Crippen LogP contribution in [0.4, 0.5) is 10.5 Å². The molecule has 0 atom stereocenters. The van der Waals surface area contributed by atoms with Crippen molar-refractivity contribution < 1.29 is 9.90 Å². The zero-order valence-corrected chi connectivity index (χ0v) is 13.2. The number of anilines is 1. The van der Waals surface area contributed by atoms with Crippen molar-refractivity contribution in [1.29, 1.82) is 0 Å². The zero-order chi connectivity index (χ0) is 14.5. The van der Waals surface area contributed by atoms with Crippen LogP contribution in [0.15, 0.2) is 22.7 Å². The van der Waals surface area contributed by atoms with E-state index in [0.717, 1.165) is 41.4 Å². The van der Waals surface area contributed by atoms with Crippen LogP contribution in [0.1, 0.15) is 31.2 Å². The first kappa shape index (κ1) is 15.3. The van der Waals surface area contributed by atoms with Crippen molar-refractivity contribution in [3.05, 3.63) is 28.2 Å². The molecule has 20 heavy (non-hydrogen) atoms. The van der Waals surface area contributed by atoms with Crippen molar-refractivity contribution in [2.75, 3.05) is 11.9 Å². The summed E-state index contributed by atoms with van der Waals surface area (Å²) in [4.78, 5) is 11.9. The van der Waals surface area contributed by atoms with Crippen LogP contribution in [0.25, 0.3) is 0 Å². The Balaban J connectivity index is 1.82. The number of nitrogens with one attached hydrogen (secondary N) is 2. The van der Waals surface area contributed by atoms with E-state index in [1.54, 1.807) is 0 Å². The lowest BCUT2D eigenvalue weighted by atomic mass is 9.87. The van der Waals surface area contributed by atoms with E-state index in [1.165, 1.54) is 0 Å². The SMILES string of the molecule is Cc1ccc(NC(=O)NC2CCC(CO)CC2)cc1Br. The van der Waals surface area contributed by atoms with Gasteiger partial charge in [0.2, 0.25) is 0 Å². The molecule has 0 spiro atoms. The van der Waals surface area contributed by atoms with Gasteiger partial charge in [0.15, 0.2) is 0 Å². The fourth-order valence-corrected chi connectivity index (χ4v) is 2.89. The van der Waals surface area contributed by atoms with Crippen LogP contribution in [0, 0.1) is 12.8 Å². The van der Waals surface area contributed by atoms with Gasteiger partial charge in [0, 0.05) is 22.8 Å². The van der Waals surface area contributed by atoms with E-state index in [0.29, 0.717) is 5.92 Å². The highest BCUT2D eigenvalue weighted by Gasteiger charge is 2.21. The van der Waals surface area contributed by atoms with Gasteiger partial charge in [0.1, 0.15) is 0 Å². The Labute approximate surface area is 128 Å². The molecule has 1 aliphatic rings. The number of aliphatic hydroxyl groups excluding tert-OH is 1. The highest BCUT2D eigenvalue weighted by molar-refractivity contribution is 9.10. The molecule has 2 amide bonds. The summed E-state index contributed by atoms with van der Waals surface area (Å²) in [5.41, 5.74) is 1.92. The van der Waals surface area contributed by atoms with Crippen LogP contribution >= 0.6 is 15.9 Å². The van der Waals surface area contributed by atoms with Crippen LogP contribution in [0.5, 0.6) is 0 Å². The first-order valence-electron chi connectivity index (χ1n) is 7.03. The molecule has 0 bridgehead atoms. The second-order valence-electron chi connectivity index (χ2n) is 5.46. The number of hydrogen-bond donors (Lipinski definition) is 3. The van der Waals surface area contributed by atoms with Crippen LogP contribution < -0.4 is 10.6 Å². The van der Waals surface area contributed by atoms with Crippen LogP contribution in [-0.4, -0.2) is 23.8 Å². The topological polar surface area (TPSA) is 61.4 Å². The molecule has 3 N–H and O–H groups in total. The Bertz CT molecular complexity index is 471. The van der Waals surface area contributed by atoms with Gasteiger partial charge in [-0.2, -0.15) is 0 Å². The molecule has 110 valence electrons. The number of aliphatic hydroxyl groups is 1. The van der Waals surface area contributed by atoms with E-state index in [4.69, 9.17) is 5.11 Å². The number of benzene rings is 1. The van der Waals surface area contributed by atoms with Crippen molar-refractivity contribution >= 4 is 27.6 Å². The van der Waals surface area contributed by atoms with Crippen molar-refractivity contribution in [2.45, 2.75) is 38.6 Å². The second kappa shape index (κ2) is 7.09. The molecule has 5 heteroatoms. The third-order valence-corrected chi connectivity index (χ3v) is 4.72. The number of amides is 2. The molecule has 4 nitrogen and oxygen atoms in total. The van der Waals surface area contributed by atoms with Crippen molar-refractivity contribution in [2.24, 2.45) is 5.92 Å². The second-order valence-corrected chi connectivity index (χ2v) is 6.32. The van der Waals surface area contributed by atoms with Gasteiger partial charge in [-0.3, -0.25) is 0 Å². The van der Waals surface area contributed by atoms with E-state index < -0.39 is 0 Å². The number of rotatable bonds is 3. The fraction of sp³-hybridized carbons (Fsp3) is 0.533. The smallest absolute Gasteiger partial charge is 0.319 e. The van der Waals surface area contributed by atoms with E-state index >= 15 is 0 Å². The van der Waals surface area contributed by atoms with Gasteiger partial charge in [-0.05, 0) is 56.2 Å². The number of carbonyl (C=O) groups is 1. The molecule has 0 aliphatic heterocycles. The molecule has 0 radical (unpaired) electrons. The summed E-state index contributed by atoms with van der Waals surface area (Å²) in [5.74, 6) is 0.407. The summed E-state index contributed by atoms with van der Waals surface area (Å²) in [6.45, 7) is 2.27. The molecule has 1 aliphatic carbocycles. The first-order chi connectivity index (χ1) is 9.58. The maximum atomic E-state index is 11.9. The number of urea groups is 1. The lowest BCUT2D eigenvalue weighted by Gasteiger charge is -2.27. The minimum atomic E-state index is -0.159. The number of aryl methyl sites for hydroxylation is 1. The summed E-state index contributed by atoms with van der Waals surface area (Å²) in [5, 5.41) is 15.0. The maximum Gasteiger partial charge on any atom is 0.319 e. The van der Waals surface area contributed by atoms with Gasteiger partial charge in [-0.1, -0.05) is 22.0 Å². The highest BCUT2D eigenvalue weighted by atomic mass is 79.9. The first-order valence-corrected chi connectivity index (χ1v) is 7.82. The Morgan fingerprint density at radius 1 is 1.35 bits per heavy atom. The van der Waals surface area contributed by atoms with Gasteiger partial charge in [-0.25, -0.2) is 4.79 Å². The zero-order valence-electron chi connectivity index (χ0n) is 11.7. The predicted molar refractivity (Wildman–Crippen MR) is 83.9 cm³/mol. The van der Waals surface area contributed by atoms with E-state index in [1.807, 2.05) is 25.1 Å².